The van der Waals surface area contributed by atoms with E-state index in [9.17, 15) is 14.1 Å². The van der Waals surface area contributed by atoms with Crippen LogP contribution in [0.3, 0.4) is 0 Å². The van der Waals surface area contributed by atoms with Crippen molar-refractivity contribution in [2.45, 2.75) is 0 Å². The highest BCUT2D eigenvalue weighted by Gasteiger charge is 2.05. The molecule has 0 atom stereocenters. The number of hydrogen-bond acceptors (Lipinski definition) is 4. The van der Waals surface area contributed by atoms with Crippen molar-refractivity contribution in [3.05, 3.63) is 23.8 Å². The number of halogens is 1. The number of carbonyl (C=O) groups is 1. The van der Waals surface area contributed by atoms with Gasteiger partial charge < -0.3 is 5.11 Å². The summed E-state index contributed by atoms with van der Waals surface area (Å²) in [5.74, 6) is -0.241. The monoisotopic (exact) mass is 217 g/mol. The summed E-state index contributed by atoms with van der Waals surface area (Å²) in [6, 6.07) is 3.88. The van der Waals surface area contributed by atoms with Gasteiger partial charge in [0, 0.05) is 5.56 Å². The molecule has 0 aliphatic rings. The molecule has 0 saturated carbocycles. The predicted molar refractivity (Wildman–Crippen MR) is 48.5 cm³/mol. The minimum Gasteiger partial charge on any atom is -0.506 e. The Hall–Kier alpha value is -1.20. The van der Waals surface area contributed by atoms with Gasteiger partial charge in [0.25, 0.3) is 5.24 Å². The minimum absolute atomic E-state index is 0.0198. The molecular weight excluding hydrogens is 214 g/mol. The quantitative estimate of drug-likeness (QED) is 0.769. The molecule has 0 radical (unpaired) electrons. The summed E-state index contributed by atoms with van der Waals surface area (Å²) >= 11 is 5.14. The summed E-state index contributed by atoms with van der Waals surface area (Å²) in [5, 5.41) is 8.54. The normalized spacial score (nSPS) is 9.31. The van der Waals surface area contributed by atoms with Gasteiger partial charge in [0.15, 0.2) is 0 Å². The van der Waals surface area contributed by atoms with Crippen molar-refractivity contribution in [2.24, 2.45) is 4.36 Å². The Morgan fingerprint density at radius 3 is 2.69 bits per heavy atom. The zero-order valence-electron chi connectivity index (χ0n) is 6.23. The standard InChI is InChI=1S/C7H4ClNO3S/c8-7(11)4-1-2-5(9-13-12)6(10)3-4/h1-3,10H. The maximum Gasteiger partial charge on any atom is 0.252 e. The number of aromatic hydroxyl groups is 1. The first kappa shape index (κ1) is 9.88. The average Bonchev–Trinajstić information content (AvgIpc) is 2.08. The number of rotatable bonds is 2. The van der Waals surface area contributed by atoms with Crippen LogP contribution >= 0.6 is 11.6 Å². The molecule has 0 aliphatic carbocycles. The van der Waals surface area contributed by atoms with E-state index in [1.165, 1.54) is 12.1 Å². The Labute approximate surface area is 82.4 Å². The Kier molecular flexibility index (Phi) is 3.16. The van der Waals surface area contributed by atoms with Crippen molar-refractivity contribution in [3.63, 3.8) is 0 Å². The van der Waals surface area contributed by atoms with E-state index >= 15 is 0 Å². The molecule has 68 valence electrons. The molecule has 4 nitrogen and oxygen atoms in total. The van der Waals surface area contributed by atoms with Gasteiger partial charge in [-0.15, -0.1) is 0 Å². The molecule has 0 bridgehead atoms. The van der Waals surface area contributed by atoms with E-state index in [0.29, 0.717) is 0 Å². The number of phenolic OH excluding ortho intramolecular Hbond substituents is 1. The van der Waals surface area contributed by atoms with Gasteiger partial charge in [-0.1, -0.05) is 0 Å². The number of phenols is 1. The molecule has 0 heterocycles. The second-order valence-corrected chi connectivity index (χ2v) is 2.82. The van der Waals surface area contributed by atoms with Gasteiger partial charge in [-0.25, -0.2) is 0 Å². The maximum atomic E-state index is 10.6. The smallest absolute Gasteiger partial charge is 0.252 e. The van der Waals surface area contributed by atoms with Gasteiger partial charge in [0.05, 0.1) is 0 Å². The van der Waals surface area contributed by atoms with Gasteiger partial charge in [0.1, 0.15) is 11.4 Å². The maximum absolute atomic E-state index is 10.6. The third kappa shape index (κ3) is 2.37. The van der Waals surface area contributed by atoms with Gasteiger partial charge in [-0.2, -0.15) is 8.57 Å². The van der Waals surface area contributed by atoms with E-state index in [2.05, 4.69) is 4.36 Å². The third-order valence-corrected chi connectivity index (χ3v) is 1.83. The van der Waals surface area contributed by atoms with Gasteiger partial charge >= 0.3 is 0 Å². The molecule has 6 heteroatoms. The molecule has 0 unspecified atom stereocenters. The van der Waals surface area contributed by atoms with Crippen LogP contribution in [0.15, 0.2) is 22.6 Å². The Bertz CT molecular complexity index is 401. The van der Waals surface area contributed by atoms with E-state index in [4.69, 9.17) is 11.6 Å². The molecule has 0 aromatic heterocycles. The lowest BCUT2D eigenvalue weighted by atomic mass is 10.2. The van der Waals surface area contributed by atoms with E-state index in [0.717, 1.165) is 6.07 Å². The lowest BCUT2D eigenvalue weighted by Gasteiger charge is -1.97. The first-order valence-electron chi connectivity index (χ1n) is 3.18. The molecule has 1 rings (SSSR count). The summed E-state index contributed by atoms with van der Waals surface area (Å²) in [6.45, 7) is 0. The van der Waals surface area contributed by atoms with Crippen LogP contribution in [0.25, 0.3) is 0 Å². The second-order valence-electron chi connectivity index (χ2n) is 2.14. The van der Waals surface area contributed by atoms with Crippen LogP contribution in [0.2, 0.25) is 0 Å². The van der Waals surface area contributed by atoms with Crippen LogP contribution in [0, 0.1) is 0 Å². The van der Waals surface area contributed by atoms with Crippen LogP contribution in [0.1, 0.15) is 10.4 Å². The van der Waals surface area contributed by atoms with Gasteiger partial charge in [-0.3, -0.25) is 4.79 Å². The fraction of sp³-hybridized carbons (Fsp3) is 0. The highest BCUT2D eigenvalue weighted by Crippen LogP contribution is 2.27. The SMILES string of the molecule is O=S=Nc1ccc(C(=O)Cl)cc1O. The van der Waals surface area contributed by atoms with Crippen LogP contribution in [-0.2, 0) is 11.5 Å². The second kappa shape index (κ2) is 4.15. The number of hydrogen-bond donors (Lipinski definition) is 1. The first-order chi connectivity index (χ1) is 6.15. The van der Waals surface area contributed by atoms with Crippen molar-refractivity contribution >= 4 is 34.0 Å². The lowest BCUT2D eigenvalue weighted by Crippen LogP contribution is -1.86. The van der Waals surface area contributed by atoms with E-state index in [1.54, 1.807) is 0 Å². The van der Waals surface area contributed by atoms with Gasteiger partial charge in [0.2, 0.25) is 11.5 Å². The van der Waals surface area contributed by atoms with Gasteiger partial charge in [-0.05, 0) is 29.8 Å². The minimum atomic E-state index is -0.670. The largest absolute Gasteiger partial charge is 0.506 e. The Morgan fingerprint density at radius 2 is 2.23 bits per heavy atom. The van der Waals surface area contributed by atoms with Crippen LogP contribution in [0.4, 0.5) is 5.69 Å². The summed E-state index contributed by atoms with van der Waals surface area (Å²) in [7, 11) is 0. The number of nitrogens with zero attached hydrogens (tertiary/aromatic N) is 1. The Morgan fingerprint density at radius 1 is 1.54 bits per heavy atom. The average molecular weight is 218 g/mol. The number of carbonyl (C=O) groups excluding carboxylic acids is 1. The highest BCUT2D eigenvalue weighted by atomic mass is 35.5. The fourth-order valence-electron chi connectivity index (χ4n) is 0.763. The molecule has 0 aliphatic heterocycles. The third-order valence-electron chi connectivity index (χ3n) is 1.34. The zero-order valence-corrected chi connectivity index (χ0v) is 7.80. The molecule has 13 heavy (non-hydrogen) atoms. The molecule has 1 aromatic carbocycles. The van der Waals surface area contributed by atoms with E-state index < -0.39 is 5.24 Å². The van der Waals surface area contributed by atoms with Crippen molar-refractivity contribution in [2.75, 3.05) is 0 Å². The van der Waals surface area contributed by atoms with Crippen molar-refractivity contribution in [1.29, 1.82) is 0 Å². The number of benzene rings is 1. The van der Waals surface area contributed by atoms with Crippen molar-refractivity contribution in [3.8, 4) is 5.75 Å². The van der Waals surface area contributed by atoms with Crippen molar-refractivity contribution < 1.29 is 14.1 Å². The molecule has 0 fully saturated rings. The fourth-order valence-corrected chi connectivity index (χ4v) is 1.12. The summed E-state index contributed by atoms with van der Waals surface area (Å²) < 4.78 is 13.4. The van der Waals surface area contributed by atoms with E-state index in [1.807, 2.05) is 0 Å². The Balaban J connectivity index is 3.19. The first-order valence-corrected chi connectivity index (χ1v) is 4.25. The zero-order chi connectivity index (χ0) is 9.84. The summed E-state index contributed by atoms with van der Waals surface area (Å²) in [5.41, 5.74) is 0.288. The topological polar surface area (TPSA) is 66.7 Å². The molecule has 0 saturated heterocycles. The summed E-state index contributed by atoms with van der Waals surface area (Å²) in [6.07, 6.45) is 0. The summed E-state index contributed by atoms with van der Waals surface area (Å²) in [4.78, 5) is 10.6. The highest BCUT2D eigenvalue weighted by molar-refractivity contribution is 7.54. The molecule has 1 aromatic rings. The van der Waals surface area contributed by atoms with Crippen molar-refractivity contribution in [1.82, 2.24) is 0 Å². The van der Waals surface area contributed by atoms with Crippen LogP contribution in [-0.4, -0.2) is 14.6 Å². The van der Waals surface area contributed by atoms with E-state index in [-0.39, 0.29) is 28.5 Å². The molecule has 1 N–H and O–H groups in total. The van der Waals surface area contributed by atoms with Crippen LogP contribution < -0.4 is 0 Å². The lowest BCUT2D eigenvalue weighted by molar-refractivity contribution is 0.108. The molecule has 0 amide bonds. The predicted octanol–water partition coefficient (Wildman–Crippen LogP) is 1.80. The molecular formula is C7H4ClNO3S. The molecule has 0 spiro atoms. The van der Waals surface area contributed by atoms with Crippen LogP contribution in [0.5, 0.6) is 5.75 Å².